The first-order valence-corrected chi connectivity index (χ1v) is 4.13. The van der Waals surface area contributed by atoms with Gasteiger partial charge in [0.2, 0.25) is 0 Å². The van der Waals surface area contributed by atoms with E-state index in [1.165, 1.54) is 12.4 Å². The molecule has 8 heteroatoms. The average Bonchev–Trinajstić information content (AvgIpc) is 2.62. The molecule has 1 heterocycles. The first kappa shape index (κ1) is 11.1. The molecule has 0 bridgehead atoms. The van der Waals surface area contributed by atoms with E-state index in [4.69, 9.17) is 0 Å². The molecule has 1 aromatic heterocycles. The van der Waals surface area contributed by atoms with Crippen molar-refractivity contribution in [2.75, 3.05) is 13.2 Å². The number of imidazole rings is 1. The van der Waals surface area contributed by atoms with Gasteiger partial charge >= 0.3 is 5.95 Å². The fourth-order valence-electron chi connectivity index (χ4n) is 0.994. The second kappa shape index (κ2) is 5.03. The Balaban J connectivity index is 2.60. The molecule has 0 aliphatic rings. The van der Waals surface area contributed by atoms with E-state index in [0.717, 1.165) is 4.57 Å². The molecule has 7 nitrogen and oxygen atoms in total. The molecule has 0 radical (unpaired) electrons. The van der Waals surface area contributed by atoms with Gasteiger partial charge in [0.25, 0.3) is 5.91 Å². The number of carbonyl (C=O) groups is 1. The fourth-order valence-corrected chi connectivity index (χ4v) is 0.994. The summed E-state index contributed by atoms with van der Waals surface area (Å²) in [4.78, 5) is 24.3. The molecule has 0 unspecified atom stereocenters. The molecule has 82 valence electrons. The summed E-state index contributed by atoms with van der Waals surface area (Å²) in [7, 11) is 0. The summed E-state index contributed by atoms with van der Waals surface area (Å²) in [5.74, 6) is -0.904. The fraction of sp³-hybridized carbons (Fsp3) is 0.429. The van der Waals surface area contributed by atoms with Crippen molar-refractivity contribution < 1.29 is 14.1 Å². The summed E-state index contributed by atoms with van der Waals surface area (Å²) in [6.07, 6.45) is 2.54. The molecule has 1 aromatic rings. The zero-order valence-electron chi connectivity index (χ0n) is 7.72. The number of nitrogens with zero attached hydrogens (tertiary/aromatic N) is 3. The Morgan fingerprint density at radius 3 is 3.07 bits per heavy atom. The maximum absolute atomic E-state index is 11.7. The maximum atomic E-state index is 11.7. The second-order valence-corrected chi connectivity index (χ2v) is 2.65. The van der Waals surface area contributed by atoms with Gasteiger partial charge in [-0.15, -0.1) is 0 Å². The van der Waals surface area contributed by atoms with Crippen LogP contribution in [0.15, 0.2) is 12.4 Å². The van der Waals surface area contributed by atoms with Gasteiger partial charge in [0.1, 0.15) is 19.1 Å². The summed E-state index contributed by atoms with van der Waals surface area (Å²) in [6, 6.07) is 0. The van der Waals surface area contributed by atoms with E-state index < -0.39 is 23.5 Å². The Morgan fingerprint density at radius 2 is 2.47 bits per heavy atom. The minimum Gasteiger partial charge on any atom is -0.390 e. The second-order valence-electron chi connectivity index (χ2n) is 2.65. The van der Waals surface area contributed by atoms with Crippen LogP contribution in [0.4, 0.5) is 10.3 Å². The number of hydrogen-bond acceptors (Lipinski definition) is 4. The van der Waals surface area contributed by atoms with E-state index in [0.29, 0.717) is 0 Å². The van der Waals surface area contributed by atoms with Crippen molar-refractivity contribution in [2.24, 2.45) is 0 Å². The van der Waals surface area contributed by atoms with Crippen LogP contribution in [0, 0.1) is 10.1 Å². The first-order valence-electron chi connectivity index (χ1n) is 4.13. The van der Waals surface area contributed by atoms with Gasteiger partial charge in [-0.1, -0.05) is 4.98 Å². The molecular weight excluding hydrogens is 207 g/mol. The predicted molar refractivity (Wildman–Crippen MR) is 47.9 cm³/mol. The van der Waals surface area contributed by atoms with Crippen LogP contribution in [-0.4, -0.2) is 33.6 Å². The molecule has 0 aliphatic heterocycles. The van der Waals surface area contributed by atoms with Crippen LogP contribution in [0.5, 0.6) is 0 Å². The van der Waals surface area contributed by atoms with Gasteiger partial charge in [0.15, 0.2) is 6.54 Å². The van der Waals surface area contributed by atoms with Crippen LogP contribution in [0.3, 0.4) is 0 Å². The highest BCUT2D eigenvalue weighted by Gasteiger charge is 2.16. The van der Waals surface area contributed by atoms with Crippen LogP contribution in [0.25, 0.3) is 0 Å². The van der Waals surface area contributed by atoms with E-state index in [-0.39, 0.29) is 13.1 Å². The van der Waals surface area contributed by atoms with Gasteiger partial charge in [-0.2, -0.15) is 0 Å². The Bertz CT molecular complexity index is 365. The lowest BCUT2D eigenvalue weighted by Crippen LogP contribution is -2.29. The molecular formula is C7H9FN4O3. The van der Waals surface area contributed by atoms with Crippen molar-refractivity contribution in [2.45, 2.75) is 6.54 Å². The summed E-state index contributed by atoms with van der Waals surface area (Å²) in [5.41, 5.74) is 0. The lowest BCUT2D eigenvalue weighted by atomic mass is 10.5. The molecule has 0 aromatic carbocycles. The quantitative estimate of drug-likeness (QED) is 0.548. The van der Waals surface area contributed by atoms with Crippen LogP contribution in [-0.2, 0) is 11.3 Å². The molecule has 0 saturated heterocycles. The number of halogens is 1. The average molecular weight is 216 g/mol. The topological polar surface area (TPSA) is 90.1 Å². The van der Waals surface area contributed by atoms with Crippen LogP contribution < -0.4 is 5.32 Å². The van der Waals surface area contributed by atoms with E-state index in [9.17, 15) is 19.3 Å². The molecule has 1 rings (SSSR count). The third kappa shape index (κ3) is 3.01. The molecule has 0 aliphatic carbocycles. The highest BCUT2D eigenvalue weighted by Crippen LogP contribution is 2.06. The van der Waals surface area contributed by atoms with Crippen molar-refractivity contribution in [3.63, 3.8) is 0 Å². The Hall–Kier alpha value is -1.99. The zero-order chi connectivity index (χ0) is 11.3. The van der Waals surface area contributed by atoms with Gasteiger partial charge in [-0.05, 0) is 4.92 Å². The predicted octanol–water partition coefficient (Wildman–Crippen LogP) is -0.123. The van der Waals surface area contributed by atoms with Crippen LogP contribution >= 0.6 is 0 Å². The summed E-state index contributed by atoms with van der Waals surface area (Å²) in [6.45, 7) is -1.00. The van der Waals surface area contributed by atoms with Crippen molar-refractivity contribution in [1.82, 2.24) is 14.9 Å². The standard InChI is InChI=1S/C7H9FN4O3/c8-1-2-9-6(13)5-11-4-3-10-7(11)12(14)15/h3-4H,1-2,5H2,(H,9,13). The number of hydrogen-bond donors (Lipinski definition) is 1. The number of carbonyl (C=O) groups excluding carboxylic acids is 1. The smallest absolute Gasteiger partial charge is 0.390 e. The van der Waals surface area contributed by atoms with E-state index in [1.54, 1.807) is 0 Å². The summed E-state index contributed by atoms with van der Waals surface area (Å²) < 4.78 is 12.8. The number of amides is 1. The van der Waals surface area contributed by atoms with Gasteiger partial charge in [0, 0.05) is 6.54 Å². The first-order chi connectivity index (χ1) is 7.15. The lowest BCUT2D eigenvalue weighted by Gasteiger charge is -2.02. The van der Waals surface area contributed by atoms with Gasteiger partial charge in [-0.25, -0.2) is 8.96 Å². The molecule has 1 N–H and O–H groups in total. The minimum atomic E-state index is -0.692. The zero-order valence-corrected chi connectivity index (χ0v) is 7.72. The number of rotatable bonds is 5. The number of nitrogens with one attached hydrogen (secondary N) is 1. The van der Waals surface area contributed by atoms with Crippen molar-refractivity contribution in [3.05, 3.63) is 22.5 Å². The van der Waals surface area contributed by atoms with Gasteiger partial charge in [0.05, 0.1) is 0 Å². The monoisotopic (exact) mass is 216 g/mol. The number of alkyl halides is 1. The molecule has 0 atom stereocenters. The maximum Gasteiger partial charge on any atom is 0.435 e. The van der Waals surface area contributed by atoms with Crippen molar-refractivity contribution in [3.8, 4) is 0 Å². The molecule has 1 amide bonds. The van der Waals surface area contributed by atoms with Crippen LogP contribution in [0.1, 0.15) is 0 Å². The van der Waals surface area contributed by atoms with E-state index in [2.05, 4.69) is 10.3 Å². The highest BCUT2D eigenvalue weighted by atomic mass is 19.1. The molecule has 15 heavy (non-hydrogen) atoms. The summed E-state index contributed by atoms with van der Waals surface area (Å²) >= 11 is 0. The molecule has 0 fully saturated rings. The van der Waals surface area contributed by atoms with Crippen LogP contribution in [0.2, 0.25) is 0 Å². The van der Waals surface area contributed by atoms with Crippen molar-refractivity contribution in [1.29, 1.82) is 0 Å². The molecule has 0 saturated carbocycles. The third-order valence-corrected chi connectivity index (χ3v) is 1.59. The van der Waals surface area contributed by atoms with Gasteiger partial charge in [-0.3, -0.25) is 4.79 Å². The van der Waals surface area contributed by atoms with Crippen molar-refractivity contribution >= 4 is 11.9 Å². The Kier molecular flexibility index (Phi) is 3.72. The van der Waals surface area contributed by atoms with E-state index >= 15 is 0 Å². The highest BCUT2D eigenvalue weighted by molar-refractivity contribution is 5.75. The normalized spacial score (nSPS) is 9.93. The van der Waals surface area contributed by atoms with Gasteiger partial charge < -0.3 is 15.4 Å². The number of aromatic nitrogens is 2. The summed E-state index contributed by atoms with van der Waals surface area (Å²) in [5, 5.41) is 12.7. The number of nitro groups is 1. The Morgan fingerprint density at radius 1 is 1.73 bits per heavy atom. The largest absolute Gasteiger partial charge is 0.435 e. The third-order valence-electron chi connectivity index (χ3n) is 1.59. The lowest BCUT2D eigenvalue weighted by molar-refractivity contribution is -0.396. The Labute approximate surface area is 84.1 Å². The van der Waals surface area contributed by atoms with E-state index in [1.807, 2.05) is 0 Å². The molecule has 0 spiro atoms. The minimum absolute atomic E-state index is 0.0959. The SMILES string of the molecule is O=C(Cn1ccnc1[N+](=O)[O-])NCCF.